The molecule has 5 heteroatoms. The highest BCUT2D eigenvalue weighted by atomic mass is 19.1. The number of pyridine rings is 1. The number of aromatic nitrogens is 1. The second-order valence-corrected chi connectivity index (χ2v) is 3.85. The number of rotatable bonds is 4. The third kappa shape index (κ3) is 3.25. The first-order chi connectivity index (χ1) is 8.01. The molecule has 0 saturated carbocycles. The lowest BCUT2D eigenvalue weighted by molar-refractivity contribution is -0.151. The maximum atomic E-state index is 12.9. The Kier molecular flexibility index (Phi) is 4.16. The molecule has 1 atom stereocenters. The standard InChI is InChI=1S/C12H13FN2O2/c1-3-17-11(16)12(2,8-14)5-9-4-10(13)7-15-6-9/h4,6-7H,3,5H2,1-2H3. The molecule has 0 saturated heterocycles. The van der Waals surface area contributed by atoms with E-state index in [-0.39, 0.29) is 13.0 Å². The summed E-state index contributed by atoms with van der Waals surface area (Å²) in [4.78, 5) is 15.3. The molecule has 0 radical (unpaired) electrons. The van der Waals surface area contributed by atoms with Crippen LogP contribution < -0.4 is 0 Å². The van der Waals surface area contributed by atoms with Gasteiger partial charge in [-0.3, -0.25) is 9.78 Å². The average Bonchev–Trinajstić information content (AvgIpc) is 2.29. The van der Waals surface area contributed by atoms with Crippen LogP contribution in [0.4, 0.5) is 4.39 Å². The first-order valence-corrected chi connectivity index (χ1v) is 5.19. The van der Waals surface area contributed by atoms with Crippen molar-refractivity contribution in [2.75, 3.05) is 6.61 Å². The van der Waals surface area contributed by atoms with Crippen LogP contribution >= 0.6 is 0 Å². The molecule has 1 aromatic heterocycles. The zero-order valence-corrected chi connectivity index (χ0v) is 9.74. The van der Waals surface area contributed by atoms with Crippen molar-refractivity contribution < 1.29 is 13.9 Å². The average molecular weight is 236 g/mol. The van der Waals surface area contributed by atoms with Crippen LogP contribution in [-0.2, 0) is 16.0 Å². The molecule has 1 rings (SSSR count). The molecular weight excluding hydrogens is 223 g/mol. The first kappa shape index (κ1) is 13.1. The van der Waals surface area contributed by atoms with Gasteiger partial charge in [-0.05, 0) is 25.5 Å². The fourth-order valence-electron chi connectivity index (χ4n) is 1.41. The summed E-state index contributed by atoms with van der Waals surface area (Å²) >= 11 is 0. The molecule has 0 bridgehead atoms. The molecule has 1 aromatic rings. The van der Waals surface area contributed by atoms with Crippen molar-refractivity contribution in [1.82, 2.24) is 4.98 Å². The van der Waals surface area contributed by atoms with Gasteiger partial charge in [-0.1, -0.05) is 0 Å². The van der Waals surface area contributed by atoms with Gasteiger partial charge >= 0.3 is 5.97 Å². The van der Waals surface area contributed by atoms with Gasteiger partial charge in [0.05, 0.1) is 18.9 Å². The van der Waals surface area contributed by atoms with Gasteiger partial charge in [-0.2, -0.15) is 5.26 Å². The normalized spacial score (nSPS) is 13.5. The molecule has 0 amide bonds. The molecule has 0 aliphatic rings. The van der Waals surface area contributed by atoms with Gasteiger partial charge in [0, 0.05) is 12.6 Å². The Hall–Kier alpha value is -1.96. The van der Waals surface area contributed by atoms with Crippen LogP contribution in [0.25, 0.3) is 0 Å². The number of esters is 1. The van der Waals surface area contributed by atoms with Crippen molar-refractivity contribution >= 4 is 5.97 Å². The summed E-state index contributed by atoms with van der Waals surface area (Å²) in [5, 5.41) is 9.05. The molecule has 0 aliphatic heterocycles. The fourth-order valence-corrected chi connectivity index (χ4v) is 1.41. The fraction of sp³-hybridized carbons (Fsp3) is 0.417. The van der Waals surface area contributed by atoms with Crippen molar-refractivity contribution in [3.63, 3.8) is 0 Å². The number of carbonyl (C=O) groups excluding carboxylic acids is 1. The van der Waals surface area contributed by atoms with Crippen LogP contribution in [0, 0.1) is 22.6 Å². The second-order valence-electron chi connectivity index (χ2n) is 3.85. The quantitative estimate of drug-likeness (QED) is 0.748. The minimum Gasteiger partial charge on any atom is -0.465 e. The number of hydrogen-bond donors (Lipinski definition) is 0. The van der Waals surface area contributed by atoms with E-state index in [0.29, 0.717) is 5.56 Å². The van der Waals surface area contributed by atoms with Gasteiger partial charge in [-0.25, -0.2) is 4.39 Å². The van der Waals surface area contributed by atoms with Gasteiger partial charge in [0.2, 0.25) is 0 Å². The van der Waals surface area contributed by atoms with Crippen molar-refractivity contribution in [2.45, 2.75) is 20.3 Å². The van der Waals surface area contributed by atoms with Crippen molar-refractivity contribution in [3.8, 4) is 6.07 Å². The zero-order chi connectivity index (χ0) is 12.9. The van der Waals surface area contributed by atoms with E-state index in [9.17, 15) is 9.18 Å². The highest BCUT2D eigenvalue weighted by molar-refractivity contribution is 5.79. The molecule has 1 heterocycles. The van der Waals surface area contributed by atoms with Gasteiger partial charge in [-0.15, -0.1) is 0 Å². The van der Waals surface area contributed by atoms with E-state index in [1.54, 1.807) is 6.92 Å². The Morgan fingerprint density at radius 2 is 2.35 bits per heavy atom. The molecule has 17 heavy (non-hydrogen) atoms. The predicted octanol–water partition coefficient (Wildman–Crippen LogP) is 1.86. The number of nitrogens with zero attached hydrogens (tertiary/aromatic N) is 2. The third-order valence-electron chi connectivity index (χ3n) is 2.29. The summed E-state index contributed by atoms with van der Waals surface area (Å²) in [5.41, 5.74) is -0.826. The highest BCUT2D eigenvalue weighted by Crippen LogP contribution is 2.23. The van der Waals surface area contributed by atoms with Crippen LogP contribution in [0.3, 0.4) is 0 Å². The summed E-state index contributed by atoms with van der Waals surface area (Å²) in [6.07, 6.45) is 2.57. The van der Waals surface area contributed by atoms with Crippen LogP contribution in [-0.4, -0.2) is 17.6 Å². The Labute approximate surface area is 99.0 Å². The highest BCUT2D eigenvalue weighted by Gasteiger charge is 2.35. The van der Waals surface area contributed by atoms with E-state index in [2.05, 4.69) is 4.98 Å². The van der Waals surface area contributed by atoms with E-state index in [4.69, 9.17) is 10.00 Å². The molecule has 1 unspecified atom stereocenters. The summed E-state index contributed by atoms with van der Waals surface area (Å²) in [7, 11) is 0. The summed E-state index contributed by atoms with van der Waals surface area (Å²) in [5.74, 6) is -1.10. The maximum absolute atomic E-state index is 12.9. The van der Waals surface area contributed by atoms with Crippen LogP contribution in [0.15, 0.2) is 18.5 Å². The van der Waals surface area contributed by atoms with Gasteiger partial charge in [0.15, 0.2) is 5.41 Å². The lowest BCUT2D eigenvalue weighted by Gasteiger charge is -2.19. The Bertz CT molecular complexity index is 456. The van der Waals surface area contributed by atoms with Crippen molar-refractivity contribution in [2.24, 2.45) is 5.41 Å². The van der Waals surface area contributed by atoms with E-state index < -0.39 is 17.2 Å². The zero-order valence-electron chi connectivity index (χ0n) is 9.74. The molecule has 4 nitrogen and oxygen atoms in total. The maximum Gasteiger partial charge on any atom is 0.326 e. The monoisotopic (exact) mass is 236 g/mol. The Morgan fingerprint density at radius 3 is 2.88 bits per heavy atom. The SMILES string of the molecule is CCOC(=O)C(C)(C#N)Cc1cncc(F)c1. The van der Waals surface area contributed by atoms with Crippen LogP contribution in [0.1, 0.15) is 19.4 Å². The van der Waals surface area contributed by atoms with E-state index >= 15 is 0 Å². The van der Waals surface area contributed by atoms with E-state index in [1.165, 1.54) is 19.2 Å². The first-order valence-electron chi connectivity index (χ1n) is 5.19. The van der Waals surface area contributed by atoms with Crippen LogP contribution in [0.2, 0.25) is 0 Å². The summed E-state index contributed by atoms with van der Waals surface area (Å²) in [6, 6.07) is 3.16. The summed E-state index contributed by atoms with van der Waals surface area (Å²) in [6.45, 7) is 3.34. The van der Waals surface area contributed by atoms with Gasteiger partial charge < -0.3 is 4.74 Å². The molecule has 0 fully saturated rings. The smallest absolute Gasteiger partial charge is 0.326 e. The van der Waals surface area contributed by atoms with Crippen LogP contribution in [0.5, 0.6) is 0 Å². The van der Waals surface area contributed by atoms with Crippen molar-refractivity contribution in [3.05, 3.63) is 29.8 Å². The largest absolute Gasteiger partial charge is 0.465 e. The number of hydrogen-bond acceptors (Lipinski definition) is 4. The van der Waals surface area contributed by atoms with Gasteiger partial charge in [0.25, 0.3) is 0 Å². The molecule has 0 aromatic carbocycles. The van der Waals surface area contributed by atoms with E-state index in [0.717, 1.165) is 6.20 Å². The Morgan fingerprint density at radius 1 is 1.65 bits per heavy atom. The number of nitriles is 1. The Balaban J connectivity index is 2.90. The summed E-state index contributed by atoms with van der Waals surface area (Å²) < 4.78 is 17.8. The topological polar surface area (TPSA) is 63.0 Å². The minimum absolute atomic E-state index is 0.0765. The lowest BCUT2D eigenvalue weighted by atomic mass is 9.85. The molecule has 0 aliphatic carbocycles. The third-order valence-corrected chi connectivity index (χ3v) is 2.29. The molecule has 90 valence electrons. The van der Waals surface area contributed by atoms with Crippen molar-refractivity contribution in [1.29, 1.82) is 5.26 Å². The molecule has 0 spiro atoms. The molecule has 0 N–H and O–H groups in total. The minimum atomic E-state index is -1.31. The predicted molar refractivity (Wildman–Crippen MR) is 58.3 cm³/mol. The van der Waals surface area contributed by atoms with Gasteiger partial charge in [0.1, 0.15) is 5.82 Å². The second kappa shape index (κ2) is 5.39. The molecular formula is C12H13FN2O2. The number of ether oxygens (including phenoxy) is 1. The van der Waals surface area contributed by atoms with E-state index in [1.807, 2.05) is 6.07 Å². The number of halogens is 1. The lowest BCUT2D eigenvalue weighted by Crippen LogP contribution is -2.30. The number of carbonyl (C=O) groups is 1.